The van der Waals surface area contributed by atoms with E-state index in [2.05, 4.69) is 24.4 Å². The van der Waals surface area contributed by atoms with Gasteiger partial charge in [-0.1, -0.05) is 18.5 Å². The van der Waals surface area contributed by atoms with Crippen molar-refractivity contribution in [2.45, 2.75) is 27.0 Å². The van der Waals surface area contributed by atoms with Gasteiger partial charge >= 0.3 is 0 Å². The van der Waals surface area contributed by atoms with E-state index in [1.54, 1.807) is 11.3 Å². The summed E-state index contributed by atoms with van der Waals surface area (Å²) < 4.78 is 5.83. The van der Waals surface area contributed by atoms with Crippen LogP contribution in [0.3, 0.4) is 0 Å². The molecule has 0 radical (unpaired) electrons. The van der Waals surface area contributed by atoms with E-state index in [4.69, 9.17) is 16.3 Å². The summed E-state index contributed by atoms with van der Waals surface area (Å²) in [5.74, 6) is 0.894. The highest BCUT2D eigenvalue weighted by Gasteiger charge is 2.03. The predicted molar refractivity (Wildman–Crippen MR) is 82.2 cm³/mol. The zero-order valence-electron chi connectivity index (χ0n) is 11.2. The summed E-state index contributed by atoms with van der Waals surface area (Å²) >= 11 is 7.71. The van der Waals surface area contributed by atoms with Gasteiger partial charge in [0.15, 0.2) is 0 Å². The number of halogens is 1. The molecular formula is C15H18ClNOS. The maximum atomic E-state index is 5.93. The van der Waals surface area contributed by atoms with E-state index in [1.165, 1.54) is 9.75 Å². The zero-order chi connectivity index (χ0) is 13.7. The van der Waals surface area contributed by atoms with Gasteiger partial charge in [0.2, 0.25) is 0 Å². The molecule has 1 aromatic heterocycles. The summed E-state index contributed by atoms with van der Waals surface area (Å²) in [4.78, 5) is 2.58. The van der Waals surface area contributed by atoms with Crippen LogP contribution in [-0.4, -0.2) is 6.54 Å². The molecular weight excluding hydrogens is 278 g/mol. The topological polar surface area (TPSA) is 21.3 Å². The molecule has 0 atom stereocenters. The van der Waals surface area contributed by atoms with Crippen LogP contribution in [0.2, 0.25) is 5.02 Å². The van der Waals surface area contributed by atoms with Gasteiger partial charge in [-0.05, 0) is 49.4 Å². The third kappa shape index (κ3) is 4.23. The molecule has 0 aliphatic heterocycles. The molecule has 1 aromatic carbocycles. The van der Waals surface area contributed by atoms with E-state index < -0.39 is 0 Å². The molecule has 1 N–H and O–H groups in total. The lowest BCUT2D eigenvalue weighted by Crippen LogP contribution is -2.10. The summed E-state index contributed by atoms with van der Waals surface area (Å²) in [7, 11) is 0. The summed E-state index contributed by atoms with van der Waals surface area (Å²) in [6.07, 6.45) is 0. The van der Waals surface area contributed by atoms with Gasteiger partial charge in [0.25, 0.3) is 0 Å². The van der Waals surface area contributed by atoms with Crippen molar-refractivity contribution >= 4 is 22.9 Å². The fourth-order valence-corrected chi connectivity index (χ4v) is 2.89. The van der Waals surface area contributed by atoms with Crippen molar-refractivity contribution in [2.24, 2.45) is 0 Å². The lowest BCUT2D eigenvalue weighted by molar-refractivity contribution is 0.307. The van der Waals surface area contributed by atoms with E-state index in [9.17, 15) is 0 Å². The molecule has 0 aliphatic rings. The Labute approximate surface area is 123 Å². The van der Waals surface area contributed by atoms with Crippen molar-refractivity contribution in [3.63, 3.8) is 0 Å². The summed E-state index contributed by atoms with van der Waals surface area (Å²) in [6.45, 7) is 6.65. The normalized spacial score (nSPS) is 10.7. The molecule has 1 heterocycles. The quantitative estimate of drug-likeness (QED) is 0.853. The first-order valence-electron chi connectivity index (χ1n) is 6.36. The zero-order valence-corrected chi connectivity index (χ0v) is 12.8. The average molecular weight is 296 g/mol. The Morgan fingerprint density at radius 2 is 2.00 bits per heavy atom. The van der Waals surface area contributed by atoms with Crippen LogP contribution in [0, 0.1) is 6.92 Å². The second kappa shape index (κ2) is 6.94. The molecule has 0 saturated carbocycles. The highest BCUT2D eigenvalue weighted by molar-refractivity contribution is 7.11. The van der Waals surface area contributed by atoms with Gasteiger partial charge in [-0.25, -0.2) is 0 Å². The van der Waals surface area contributed by atoms with E-state index >= 15 is 0 Å². The van der Waals surface area contributed by atoms with Crippen LogP contribution < -0.4 is 10.1 Å². The molecule has 102 valence electrons. The standard InChI is InChI=1S/C15H18ClNOS/c1-3-17-9-13-5-6-14(19-13)10-18-15-7-4-12(16)8-11(15)2/h4-8,17H,3,9-10H2,1-2H3. The number of rotatable bonds is 6. The first kappa shape index (κ1) is 14.4. The van der Waals surface area contributed by atoms with Crippen molar-refractivity contribution in [1.29, 1.82) is 0 Å². The fraction of sp³-hybridized carbons (Fsp3) is 0.333. The molecule has 2 nitrogen and oxygen atoms in total. The Kier molecular flexibility index (Phi) is 5.25. The van der Waals surface area contributed by atoms with Crippen molar-refractivity contribution in [2.75, 3.05) is 6.54 Å². The number of benzene rings is 1. The van der Waals surface area contributed by atoms with Gasteiger partial charge in [0.1, 0.15) is 12.4 Å². The minimum absolute atomic E-state index is 0.610. The smallest absolute Gasteiger partial charge is 0.122 e. The Morgan fingerprint density at radius 1 is 1.21 bits per heavy atom. The molecule has 0 saturated heterocycles. The highest BCUT2D eigenvalue weighted by atomic mass is 35.5. The van der Waals surface area contributed by atoms with Crippen LogP contribution in [0.15, 0.2) is 30.3 Å². The number of hydrogen-bond acceptors (Lipinski definition) is 3. The van der Waals surface area contributed by atoms with Crippen molar-refractivity contribution < 1.29 is 4.74 Å². The van der Waals surface area contributed by atoms with E-state index in [0.717, 1.165) is 29.4 Å². The first-order chi connectivity index (χ1) is 9.19. The van der Waals surface area contributed by atoms with E-state index in [0.29, 0.717) is 6.61 Å². The molecule has 2 rings (SSSR count). The Hall–Kier alpha value is -1.03. The SMILES string of the molecule is CCNCc1ccc(COc2ccc(Cl)cc2C)s1. The average Bonchev–Trinajstić information content (AvgIpc) is 2.83. The van der Waals surface area contributed by atoms with Crippen LogP contribution in [0.4, 0.5) is 0 Å². The lowest BCUT2D eigenvalue weighted by Gasteiger charge is -2.08. The number of hydrogen-bond donors (Lipinski definition) is 1. The Morgan fingerprint density at radius 3 is 2.74 bits per heavy atom. The summed E-state index contributed by atoms with van der Waals surface area (Å²) in [6, 6.07) is 9.98. The molecule has 0 spiro atoms. The minimum atomic E-state index is 0.610. The Balaban J connectivity index is 1.92. The molecule has 4 heteroatoms. The van der Waals surface area contributed by atoms with Crippen LogP contribution in [0.25, 0.3) is 0 Å². The van der Waals surface area contributed by atoms with Gasteiger partial charge in [0.05, 0.1) is 0 Å². The molecule has 19 heavy (non-hydrogen) atoms. The second-order valence-corrected chi connectivity index (χ2v) is 6.04. The Bertz CT molecular complexity index is 539. The van der Waals surface area contributed by atoms with Gasteiger partial charge in [-0.2, -0.15) is 0 Å². The molecule has 0 aliphatic carbocycles. The van der Waals surface area contributed by atoms with Gasteiger partial charge in [-0.15, -0.1) is 11.3 Å². The van der Waals surface area contributed by atoms with Crippen molar-refractivity contribution in [1.82, 2.24) is 5.32 Å². The molecule has 0 bridgehead atoms. The molecule has 0 amide bonds. The van der Waals surface area contributed by atoms with Crippen molar-refractivity contribution in [3.8, 4) is 5.75 Å². The van der Waals surface area contributed by atoms with E-state index in [-0.39, 0.29) is 0 Å². The fourth-order valence-electron chi connectivity index (χ4n) is 1.77. The maximum absolute atomic E-state index is 5.93. The second-order valence-electron chi connectivity index (χ2n) is 4.35. The minimum Gasteiger partial charge on any atom is -0.488 e. The predicted octanol–water partition coefficient (Wildman–Crippen LogP) is 4.40. The van der Waals surface area contributed by atoms with Crippen LogP contribution in [-0.2, 0) is 13.2 Å². The first-order valence-corrected chi connectivity index (χ1v) is 7.55. The monoisotopic (exact) mass is 295 g/mol. The van der Waals surface area contributed by atoms with Crippen molar-refractivity contribution in [3.05, 3.63) is 50.7 Å². The van der Waals surface area contributed by atoms with E-state index in [1.807, 2.05) is 25.1 Å². The van der Waals surface area contributed by atoms with Crippen LogP contribution in [0.5, 0.6) is 5.75 Å². The maximum Gasteiger partial charge on any atom is 0.122 e. The number of ether oxygens (including phenoxy) is 1. The molecule has 0 fully saturated rings. The summed E-state index contributed by atoms with van der Waals surface area (Å²) in [5.41, 5.74) is 1.07. The largest absolute Gasteiger partial charge is 0.488 e. The third-order valence-corrected chi connectivity index (χ3v) is 4.07. The lowest BCUT2D eigenvalue weighted by atomic mass is 10.2. The molecule has 0 unspecified atom stereocenters. The van der Waals surface area contributed by atoms with Gasteiger partial charge < -0.3 is 10.1 Å². The molecule has 2 aromatic rings. The number of thiophene rings is 1. The van der Waals surface area contributed by atoms with Gasteiger partial charge in [-0.3, -0.25) is 0 Å². The third-order valence-electron chi connectivity index (χ3n) is 2.77. The van der Waals surface area contributed by atoms with Crippen LogP contribution >= 0.6 is 22.9 Å². The number of aryl methyl sites for hydroxylation is 1. The number of nitrogens with one attached hydrogen (secondary N) is 1. The van der Waals surface area contributed by atoms with Gasteiger partial charge in [0, 0.05) is 21.3 Å². The summed E-state index contributed by atoms with van der Waals surface area (Å²) in [5, 5.41) is 4.07. The highest BCUT2D eigenvalue weighted by Crippen LogP contribution is 2.24. The van der Waals surface area contributed by atoms with Crippen LogP contribution in [0.1, 0.15) is 22.2 Å².